The molecule has 2 atom stereocenters. The van der Waals surface area contributed by atoms with E-state index in [0.717, 1.165) is 35.7 Å². The van der Waals surface area contributed by atoms with E-state index in [1.807, 2.05) is 34.0 Å². The van der Waals surface area contributed by atoms with E-state index in [2.05, 4.69) is 51.1 Å². The summed E-state index contributed by atoms with van der Waals surface area (Å²) >= 11 is 12.5. The lowest BCUT2D eigenvalue weighted by molar-refractivity contribution is 0.589. The van der Waals surface area contributed by atoms with Gasteiger partial charge in [-0.15, -0.1) is 0 Å². The second kappa shape index (κ2) is 10.4. The molecular formula is C26H31Cl2N7. The van der Waals surface area contributed by atoms with E-state index in [4.69, 9.17) is 38.2 Å². The first-order valence-electron chi connectivity index (χ1n) is 11.9. The number of benzene rings is 1. The maximum atomic E-state index is 6.25. The van der Waals surface area contributed by atoms with Gasteiger partial charge in [0.15, 0.2) is 5.82 Å². The minimum Gasteiger partial charge on any atom is -0.342 e. The molecular weight excluding hydrogens is 481 g/mol. The minimum atomic E-state index is 0.0613. The van der Waals surface area contributed by atoms with Crippen molar-refractivity contribution in [1.29, 1.82) is 0 Å². The molecule has 0 bridgehead atoms. The van der Waals surface area contributed by atoms with E-state index < -0.39 is 0 Å². The van der Waals surface area contributed by atoms with Gasteiger partial charge in [-0.25, -0.2) is 9.97 Å². The highest BCUT2D eigenvalue weighted by Crippen LogP contribution is 2.38. The van der Waals surface area contributed by atoms with E-state index in [1.165, 1.54) is 0 Å². The van der Waals surface area contributed by atoms with Crippen LogP contribution >= 0.6 is 23.2 Å². The molecule has 0 fully saturated rings. The normalized spacial score (nSPS) is 17.7. The lowest BCUT2D eigenvalue weighted by Crippen LogP contribution is -2.55. The van der Waals surface area contributed by atoms with Crippen molar-refractivity contribution in [3.8, 4) is 17.3 Å². The fourth-order valence-electron chi connectivity index (χ4n) is 4.39. The first-order chi connectivity index (χ1) is 16.8. The third-order valence-corrected chi connectivity index (χ3v) is 6.60. The molecule has 0 radical (unpaired) electrons. The number of hydrogen-bond acceptors (Lipinski definition) is 5. The van der Waals surface area contributed by atoms with Gasteiger partial charge in [0.25, 0.3) is 0 Å². The molecule has 4 rings (SSSR count). The van der Waals surface area contributed by atoms with E-state index in [1.54, 1.807) is 18.5 Å². The minimum absolute atomic E-state index is 0.0613. The highest BCUT2D eigenvalue weighted by atomic mass is 35.5. The highest BCUT2D eigenvalue weighted by molar-refractivity contribution is 6.35. The van der Waals surface area contributed by atoms with Crippen molar-refractivity contribution in [2.24, 2.45) is 4.99 Å². The maximum Gasteiger partial charge on any atom is 0.237 e. The third kappa shape index (κ3) is 4.80. The summed E-state index contributed by atoms with van der Waals surface area (Å²) in [5.74, 6) is 2.99. The Kier molecular flexibility index (Phi) is 7.47. The Morgan fingerprint density at radius 1 is 1.11 bits per heavy atom. The first-order valence-corrected chi connectivity index (χ1v) is 12.7. The van der Waals surface area contributed by atoms with Gasteiger partial charge < -0.3 is 4.90 Å². The molecule has 35 heavy (non-hydrogen) atoms. The summed E-state index contributed by atoms with van der Waals surface area (Å²) in [4.78, 5) is 23.7. The van der Waals surface area contributed by atoms with Crippen LogP contribution in [0.25, 0.3) is 17.3 Å². The number of nitrogens with zero attached hydrogens (tertiary/aromatic N) is 7. The molecule has 1 aromatic carbocycles. The average molecular weight is 512 g/mol. The van der Waals surface area contributed by atoms with Crippen molar-refractivity contribution >= 4 is 40.5 Å². The zero-order valence-electron chi connectivity index (χ0n) is 20.8. The Hall–Kier alpha value is -2.90. The molecule has 0 spiro atoms. The van der Waals surface area contributed by atoms with Crippen molar-refractivity contribution in [2.75, 3.05) is 9.80 Å². The summed E-state index contributed by atoms with van der Waals surface area (Å²) in [7, 11) is 0. The van der Waals surface area contributed by atoms with Gasteiger partial charge in [0.05, 0.1) is 12.2 Å². The number of halogens is 2. The molecule has 184 valence electrons. The Morgan fingerprint density at radius 2 is 1.83 bits per heavy atom. The van der Waals surface area contributed by atoms with Crippen molar-refractivity contribution < 1.29 is 0 Å². The summed E-state index contributed by atoms with van der Waals surface area (Å²) in [5, 5.41) is 1.08. The molecule has 3 heterocycles. The van der Waals surface area contributed by atoms with E-state index in [9.17, 15) is 0 Å². The van der Waals surface area contributed by atoms with Crippen molar-refractivity contribution in [3.05, 3.63) is 59.6 Å². The molecule has 9 heteroatoms. The fraction of sp³-hybridized carbons (Fsp3) is 0.385. The number of imidazole rings is 1. The van der Waals surface area contributed by atoms with Gasteiger partial charge in [-0.1, -0.05) is 43.6 Å². The Labute approximate surface area is 217 Å². The third-order valence-electron chi connectivity index (χ3n) is 6.17. The summed E-state index contributed by atoms with van der Waals surface area (Å²) in [5.41, 5.74) is 1.65. The van der Waals surface area contributed by atoms with Crippen LogP contribution in [0.4, 0.5) is 11.5 Å². The van der Waals surface area contributed by atoms with Crippen LogP contribution in [0.3, 0.4) is 0 Å². The van der Waals surface area contributed by atoms with Crippen molar-refractivity contribution in [1.82, 2.24) is 19.5 Å². The lowest BCUT2D eigenvalue weighted by Gasteiger charge is -2.45. The van der Waals surface area contributed by atoms with Gasteiger partial charge in [0, 0.05) is 46.3 Å². The van der Waals surface area contributed by atoms with Gasteiger partial charge >= 0.3 is 0 Å². The monoisotopic (exact) mass is 511 g/mol. The topological polar surface area (TPSA) is 62.4 Å². The first kappa shape index (κ1) is 25.2. The van der Waals surface area contributed by atoms with Gasteiger partial charge in [-0.05, 0) is 51.8 Å². The zero-order chi connectivity index (χ0) is 25.3. The van der Waals surface area contributed by atoms with Crippen molar-refractivity contribution in [2.45, 2.75) is 65.6 Å². The zero-order valence-corrected chi connectivity index (χ0v) is 22.3. The van der Waals surface area contributed by atoms with Gasteiger partial charge in [-0.3, -0.25) is 14.5 Å². The van der Waals surface area contributed by atoms with Gasteiger partial charge in [0.1, 0.15) is 17.3 Å². The smallest absolute Gasteiger partial charge is 0.237 e. The molecule has 0 saturated carbocycles. The lowest BCUT2D eigenvalue weighted by atomic mass is 10.0. The second-order valence-electron chi connectivity index (χ2n) is 8.88. The number of amidine groups is 1. The summed E-state index contributed by atoms with van der Waals surface area (Å²) in [6, 6.07) is 5.82. The largest absolute Gasteiger partial charge is 0.342 e. The standard InChI is InChI=1S/C26H31Cl2N7/c1-7-17(6)31-24-21(8-2)35(16(4)5)25-22(33(24)9-3)15-30-26(32-25)34-11-10-29-23(34)18-12-19(27)14-20(28)13-18/h9-17,21H,3,7-8H2,1-2,4-6H3. The van der Waals surface area contributed by atoms with E-state index in [0.29, 0.717) is 21.8 Å². The predicted molar refractivity (Wildman–Crippen MR) is 146 cm³/mol. The summed E-state index contributed by atoms with van der Waals surface area (Å²) in [6.07, 6.45) is 9.04. The number of anilines is 2. The summed E-state index contributed by atoms with van der Waals surface area (Å²) < 4.78 is 1.85. The van der Waals surface area contributed by atoms with Crippen LogP contribution in [-0.2, 0) is 0 Å². The highest BCUT2D eigenvalue weighted by Gasteiger charge is 2.38. The van der Waals surface area contributed by atoms with Crippen LogP contribution in [-0.4, -0.2) is 43.5 Å². The number of aromatic nitrogens is 4. The number of rotatable bonds is 7. The Morgan fingerprint density at radius 3 is 2.43 bits per heavy atom. The van der Waals surface area contributed by atoms with Gasteiger partial charge in [-0.2, -0.15) is 4.98 Å². The predicted octanol–water partition coefficient (Wildman–Crippen LogP) is 6.79. The van der Waals surface area contributed by atoms with Crippen LogP contribution in [0, 0.1) is 0 Å². The Balaban J connectivity index is 1.88. The molecule has 2 aromatic heterocycles. The Bertz CT molecular complexity index is 1230. The van der Waals surface area contributed by atoms with Gasteiger partial charge in [0.2, 0.25) is 5.95 Å². The van der Waals surface area contributed by atoms with E-state index >= 15 is 0 Å². The average Bonchev–Trinajstić information content (AvgIpc) is 3.32. The van der Waals surface area contributed by atoms with Crippen LogP contribution in [0.15, 0.2) is 54.6 Å². The van der Waals surface area contributed by atoms with Crippen LogP contribution in [0.1, 0.15) is 47.5 Å². The van der Waals surface area contributed by atoms with Crippen LogP contribution in [0.2, 0.25) is 10.0 Å². The van der Waals surface area contributed by atoms with E-state index in [-0.39, 0.29) is 18.1 Å². The second-order valence-corrected chi connectivity index (χ2v) is 9.75. The molecule has 0 N–H and O–H groups in total. The molecule has 1 aliphatic rings. The molecule has 0 aliphatic carbocycles. The SMILES string of the molecule is C=CN1C(=NC(C)CC)C(CC)N(C(C)C)c2nc(-n3ccnc3-c3cc(Cl)cc(Cl)c3)ncc21. The molecule has 2 unspecified atom stereocenters. The molecule has 7 nitrogen and oxygen atoms in total. The van der Waals surface area contributed by atoms with Crippen molar-refractivity contribution in [3.63, 3.8) is 0 Å². The summed E-state index contributed by atoms with van der Waals surface area (Å²) in [6.45, 7) is 14.9. The number of fused-ring (bicyclic) bond motifs is 1. The van der Waals surface area contributed by atoms with Crippen LogP contribution in [0.5, 0.6) is 0 Å². The maximum absolute atomic E-state index is 6.25. The molecule has 1 aliphatic heterocycles. The quantitative estimate of drug-likeness (QED) is 0.349. The van der Waals surface area contributed by atoms with Crippen LogP contribution < -0.4 is 9.80 Å². The molecule has 3 aromatic rings. The fourth-order valence-corrected chi connectivity index (χ4v) is 4.92. The molecule has 0 saturated heterocycles. The number of hydrogen-bond donors (Lipinski definition) is 0. The molecule has 0 amide bonds. The number of aliphatic imine (C=N–C) groups is 1.